The van der Waals surface area contributed by atoms with Crippen LogP contribution in [0.2, 0.25) is 0 Å². The minimum absolute atomic E-state index is 0.423. The molecule has 1 heterocycles. The highest BCUT2D eigenvalue weighted by molar-refractivity contribution is 5.65. The van der Waals surface area contributed by atoms with Crippen LogP contribution in [0.3, 0.4) is 0 Å². The summed E-state index contributed by atoms with van der Waals surface area (Å²) in [5.41, 5.74) is 3.99. The molecule has 0 unspecified atom stereocenters. The van der Waals surface area contributed by atoms with Crippen LogP contribution in [-0.4, -0.2) is 17.3 Å². The van der Waals surface area contributed by atoms with E-state index in [-0.39, 0.29) is 0 Å². The molecule has 0 saturated carbocycles. The van der Waals surface area contributed by atoms with Gasteiger partial charge in [0.1, 0.15) is 18.1 Å². The summed E-state index contributed by atoms with van der Waals surface area (Å²) in [6.07, 6.45) is 0. The monoisotopic (exact) mass is 372 g/mol. The molecule has 5 heteroatoms. The van der Waals surface area contributed by atoms with Gasteiger partial charge in [-0.25, -0.2) is 0 Å². The van der Waals surface area contributed by atoms with Crippen molar-refractivity contribution in [1.82, 2.24) is 10.1 Å². The zero-order chi connectivity index (χ0) is 19.3. The average Bonchev–Trinajstić information content (AvgIpc) is 3.24. The SMILES string of the molecule is COc1ccccc1-c1nc(-c2ccc(OCc3ccc(C)cc3)cc2)no1. The Balaban J connectivity index is 1.47. The van der Waals surface area contributed by atoms with Gasteiger partial charge in [0, 0.05) is 5.56 Å². The van der Waals surface area contributed by atoms with Crippen molar-refractivity contribution >= 4 is 0 Å². The van der Waals surface area contributed by atoms with Crippen molar-refractivity contribution in [1.29, 1.82) is 0 Å². The highest BCUT2D eigenvalue weighted by Gasteiger charge is 2.14. The highest BCUT2D eigenvalue weighted by Crippen LogP contribution is 2.30. The van der Waals surface area contributed by atoms with Crippen molar-refractivity contribution in [2.75, 3.05) is 7.11 Å². The predicted octanol–water partition coefficient (Wildman–Crippen LogP) is 5.30. The van der Waals surface area contributed by atoms with Gasteiger partial charge in [-0.05, 0) is 48.9 Å². The van der Waals surface area contributed by atoms with Gasteiger partial charge in [0.2, 0.25) is 5.82 Å². The second kappa shape index (κ2) is 7.96. The molecule has 0 fully saturated rings. The van der Waals surface area contributed by atoms with Gasteiger partial charge in [0.15, 0.2) is 0 Å². The van der Waals surface area contributed by atoms with Crippen molar-refractivity contribution < 1.29 is 14.0 Å². The number of aromatic nitrogens is 2. The van der Waals surface area contributed by atoms with Crippen LogP contribution in [0.4, 0.5) is 0 Å². The van der Waals surface area contributed by atoms with Gasteiger partial charge in [-0.2, -0.15) is 4.98 Å². The summed E-state index contributed by atoms with van der Waals surface area (Å²) in [5, 5.41) is 4.09. The van der Waals surface area contributed by atoms with E-state index in [0.717, 1.165) is 22.4 Å². The molecule has 1 aromatic heterocycles. The second-order valence-corrected chi connectivity index (χ2v) is 6.42. The van der Waals surface area contributed by atoms with E-state index in [1.807, 2.05) is 48.5 Å². The van der Waals surface area contributed by atoms with Gasteiger partial charge >= 0.3 is 0 Å². The summed E-state index contributed by atoms with van der Waals surface area (Å²) in [4.78, 5) is 4.49. The fourth-order valence-corrected chi connectivity index (χ4v) is 2.82. The van der Waals surface area contributed by atoms with E-state index in [2.05, 4.69) is 41.3 Å². The van der Waals surface area contributed by atoms with Gasteiger partial charge in [0.05, 0.1) is 12.7 Å². The minimum atomic E-state index is 0.423. The van der Waals surface area contributed by atoms with Crippen LogP contribution in [0.1, 0.15) is 11.1 Å². The Bertz CT molecular complexity index is 1050. The molecule has 0 amide bonds. The quantitative estimate of drug-likeness (QED) is 0.460. The molecule has 28 heavy (non-hydrogen) atoms. The predicted molar refractivity (Wildman–Crippen MR) is 107 cm³/mol. The third kappa shape index (κ3) is 3.88. The lowest BCUT2D eigenvalue weighted by molar-refractivity contribution is 0.306. The molecule has 0 aliphatic carbocycles. The van der Waals surface area contributed by atoms with Crippen molar-refractivity contribution in [3.05, 3.63) is 83.9 Å². The second-order valence-electron chi connectivity index (χ2n) is 6.42. The molecule has 3 aromatic carbocycles. The van der Waals surface area contributed by atoms with E-state index < -0.39 is 0 Å². The molecule has 4 aromatic rings. The maximum Gasteiger partial charge on any atom is 0.262 e. The molecule has 0 N–H and O–H groups in total. The lowest BCUT2D eigenvalue weighted by atomic mass is 10.1. The number of benzene rings is 3. The van der Waals surface area contributed by atoms with E-state index in [1.165, 1.54) is 5.56 Å². The molecule has 0 spiro atoms. The Hall–Kier alpha value is -3.60. The molecule has 5 nitrogen and oxygen atoms in total. The summed E-state index contributed by atoms with van der Waals surface area (Å²) < 4.78 is 16.6. The third-order valence-electron chi connectivity index (χ3n) is 4.40. The lowest BCUT2D eigenvalue weighted by Gasteiger charge is -2.07. The summed E-state index contributed by atoms with van der Waals surface area (Å²) >= 11 is 0. The topological polar surface area (TPSA) is 57.4 Å². The van der Waals surface area contributed by atoms with Crippen molar-refractivity contribution in [2.24, 2.45) is 0 Å². The van der Waals surface area contributed by atoms with Crippen LogP contribution < -0.4 is 9.47 Å². The van der Waals surface area contributed by atoms with Gasteiger partial charge in [0.25, 0.3) is 5.89 Å². The van der Waals surface area contributed by atoms with Crippen molar-refractivity contribution in [2.45, 2.75) is 13.5 Å². The summed E-state index contributed by atoms with van der Waals surface area (Å²) in [6, 6.07) is 23.5. The van der Waals surface area contributed by atoms with E-state index in [0.29, 0.717) is 24.1 Å². The zero-order valence-corrected chi connectivity index (χ0v) is 15.8. The minimum Gasteiger partial charge on any atom is -0.496 e. The first kappa shape index (κ1) is 17.8. The zero-order valence-electron chi connectivity index (χ0n) is 15.8. The van der Waals surface area contributed by atoms with Crippen LogP contribution >= 0.6 is 0 Å². The van der Waals surface area contributed by atoms with Crippen LogP contribution in [0, 0.1) is 6.92 Å². The first-order chi connectivity index (χ1) is 13.7. The van der Waals surface area contributed by atoms with E-state index >= 15 is 0 Å². The fourth-order valence-electron chi connectivity index (χ4n) is 2.82. The molecule has 0 bridgehead atoms. The Morgan fingerprint density at radius 1 is 0.893 bits per heavy atom. The number of hydrogen-bond donors (Lipinski definition) is 0. The van der Waals surface area contributed by atoms with Crippen LogP contribution in [0.15, 0.2) is 77.3 Å². The van der Waals surface area contributed by atoms with Gasteiger partial charge in [-0.3, -0.25) is 0 Å². The normalized spacial score (nSPS) is 10.6. The Kier molecular flexibility index (Phi) is 5.06. The highest BCUT2D eigenvalue weighted by atomic mass is 16.5. The summed E-state index contributed by atoms with van der Waals surface area (Å²) in [7, 11) is 1.62. The number of ether oxygens (including phenoxy) is 2. The standard InChI is InChI=1S/C23H20N2O3/c1-16-7-9-17(10-8-16)15-27-19-13-11-18(12-14-19)22-24-23(28-25-22)20-5-3-4-6-21(20)26-2/h3-14H,15H2,1-2H3. The van der Waals surface area contributed by atoms with Gasteiger partial charge < -0.3 is 14.0 Å². The lowest BCUT2D eigenvalue weighted by Crippen LogP contribution is -1.95. The number of aryl methyl sites for hydroxylation is 1. The number of methoxy groups -OCH3 is 1. The maximum atomic E-state index is 5.85. The molecule has 0 atom stereocenters. The molecule has 4 rings (SSSR count). The number of hydrogen-bond acceptors (Lipinski definition) is 5. The smallest absolute Gasteiger partial charge is 0.262 e. The molecule has 140 valence electrons. The molecular formula is C23H20N2O3. The van der Waals surface area contributed by atoms with E-state index in [4.69, 9.17) is 14.0 Å². The van der Waals surface area contributed by atoms with Gasteiger partial charge in [-0.1, -0.05) is 47.1 Å². The van der Waals surface area contributed by atoms with E-state index in [9.17, 15) is 0 Å². The molecule has 0 aliphatic heterocycles. The first-order valence-electron chi connectivity index (χ1n) is 8.99. The molecule has 0 radical (unpaired) electrons. The van der Waals surface area contributed by atoms with E-state index in [1.54, 1.807) is 7.11 Å². The Morgan fingerprint density at radius 2 is 1.64 bits per heavy atom. The van der Waals surface area contributed by atoms with Crippen LogP contribution in [-0.2, 0) is 6.61 Å². The number of para-hydroxylation sites is 1. The first-order valence-corrected chi connectivity index (χ1v) is 8.99. The van der Waals surface area contributed by atoms with Crippen LogP contribution in [0.25, 0.3) is 22.8 Å². The Morgan fingerprint density at radius 3 is 2.39 bits per heavy atom. The number of rotatable bonds is 6. The number of nitrogens with zero attached hydrogens (tertiary/aromatic N) is 2. The largest absolute Gasteiger partial charge is 0.496 e. The summed E-state index contributed by atoms with van der Waals surface area (Å²) in [6.45, 7) is 2.60. The van der Waals surface area contributed by atoms with Crippen LogP contribution in [0.5, 0.6) is 11.5 Å². The molecule has 0 saturated heterocycles. The van der Waals surface area contributed by atoms with Crippen molar-refractivity contribution in [3.8, 4) is 34.3 Å². The van der Waals surface area contributed by atoms with Crippen molar-refractivity contribution in [3.63, 3.8) is 0 Å². The Labute approximate surface area is 163 Å². The third-order valence-corrected chi connectivity index (χ3v) is 4.40. The molecule has 0 aliphatic rings. The average molecular weight is 372 g/mol. The van der Waals surface area contributed by atoms with Gasteiger partial charge in [-0.15, -0.1) is 0 Å². The molecular weight excluding hydrogens is 352 g/mol. The fraction of sp³-hybridized carbons (Fsp3) is 0.130. The summed E-state index contributed by atoms with van der Waals surface area (Å²) in [5.74, 6) is 2.42. The maximum absolute atomic E-state index is 5.85.